The fourth-order valence-electron chi connectivity index (χ4n) is 2.60. The first-order chi connectivity index (χ1) is 12.3. The van der Waals surface area contributed by atoms with Gasteiger partial charge in [0.05, 0.1) is 11.2 Å². The number of nitrogens with one attached hydrogen (secondary N) is 1. The van der Waals surface area contributed by atoms with Gasteiger partial charge in [0.25, 0.3) is 0 Å². The van der Waals surface area contributed by atoms with Gasteiger partial charge < -0.3 is 9.84 Å². The van der Waals surface area contributed by atoms with Crippen LogP contribution in [0.5, 0.6) is 17.2 Å². The fraction of sp³-hybridized carbons (Fsp3) is 0. The first-order valence-electron chi connectivity index (χ1n) is 7.96. The van der Waals surface area contributed by atoms with E-state index in [0.29, 0.717) is 11.5 Å². The summed E-state index contributed by atoms with van der Waals surface area (Å²) in [7, 11) is 0. The lowest BCUT2D eigenvalue weighted by molar-refractivity contribution is 0.464. The van der Waals surface area contributed by atoms with Gasteiger partial charge in [-0.15, -0.1) is 0 Å². The van der Waals surface area contributed by atoms with Crippen molar-refractivity contribution in [3.05, 3.63) is 84.1 Å². The van der Waals surface area contributed by atoms with Crippen LogP contribution in [0.15, 0.2) is 72.8 Å². The average Bonchev–Trinajstić information content (AvgIpc) is 3.05. The highest BCUT2D eigenvalue weighted by Gasteiger charge is 2.05. The van der Waals surface area contributed by atoms with Crippen LogP contribution < -0.4 is 4.74 Å². The third kappa shape index (κ3) is 3.38. The number of phenols is 1. The van der Waals surface area contributed by atoms with Crippen molar-refractivity contribution in [2.45, 2.75) is 0 Å². The molecular weight excluding hydrogens is 312 g/mol. The molecule has 0 fully saturated rings. The van der Waals surface area contributed by atoms with Crippen molar-refractivity contribution >= 4 is 23.1 Å². The summed E-state index contributed by atoms with van der Waals surface area (Å²) in [5.74, 6) is 1.59. The van der Waals surface area contributed by atoms with Crippen LogP contribution in [0.1, 0.15) is 11.3 Å². The number of rotatable bonds is 4. The van der Waals surface area contributed by atoms with E-state index in [-0.39, 0.29) is 5.75 Å². The Kier molecular flexibility index (Phi) is 3.92. The minimum atomic E-state index is 0.214. The number of phenolic OH excluding ortho intramolecular Hbond substituents is 1. The summed E-state index contributed by atoms with van der Waals surface area (Å²) in [4.78, 5) is 0. The van der Waals surface area contributed by atoms with Crippen molar-refractivity contribution in [1.82, 2.24) is 10.2 Å². The van der Waals surface area contributed by atoms with E-state index in [9.17, 15) is 5.11 Å². The number of H-pyrrole nitrogens is 1. The van der Waals surface area contributed by atoms with Gasteiger partial charge in [0.15, 0.2) is 0 Å². The van der Waals surface area contributed by atoms with Crippen molar-refractivity contribution < 1.29 is 9.84 Å². The molecule has 0 aliphatic carbocycles. The van der Waals surface area contributed by atoms with E-state index < -0.39 is 0 Å². The van der Waals surface area contributed by atoms with E-state index >= 15 is 0 Å². The molecule has 4 heteroatoms. The number of aromatic amines is 1. The second-order valence-corrected chi connectivity index (χ2v) is 5.66. The number of hydrogen-bond donors (Lipinski definition) is 2. The van der Waals surface area contributed by atoms with Gasteiger partial charge in [0, 0.05) is 11.5 Å². The number of aromatic hydroxyl groups is 1. The van der Waals surface area contributed by atoms with Crippen LogP contribution in [0.2, 0.25) is 0 Å². The maximum absolute atomic E-state index is 9.32. The zero-order chi connectivity index (χ0) is 17.1. The van der Waals surface area contributed by atoms with E-state index in [0.717, 1.165) is 22.2 Å². The molecule has 0 bridgehead atoms. The van der Waals surface area contributed by atoms with Gasteiger partial charge in [-0.05, 0) is 48.0 Å². The molecule has 1 aromatic heterocycles. The summed E-state index contributed by atoms with van der Waals surface area (Å²) in [6.45, 7) is 0. The molecule has 0 amide bonds. The predicted octanol–water partition coefficient (Wildman–Crippen LogP) is 5.23. The van der Waals surface area contributed by atoms with Crippen LogP contribution in [-0.2, 0) is 0 Å². The Morgan fingerprint density at radius 3 is 2.40 bits per heavy atom. The fourth-order valence-corrected chi connectivity index (χ4v) is 2.60. The molecule has 122 valence electrons. The van der Waals surface area contributed by atoms with E-state index in [1.54, 1.807) is 24.3 Å². The number of ether oxygens (including phenoxy) is 1. The zero-order valence-electron chi connectivity index (χ0n) is 13.4. The molecule has 0 spiro atoms. The number of benzene rings is 3. The van der Waals surface area contributed by atoms with Crippen LogP contribution in [0.25, 0.3) is 23.1 Å². The Labute approximate surface area is 145 Å². The summed E-state index contributed by atoms with van der Waals surface area (Å²) in [5, 5.41) is 17.8. The third-order valence-corrected chi connectivity index (χ3v) is 3.87. The highest BCUT2D eigenvalue weighted by Crippen LogP contribution is 2.27. The molecule has 3 aromatic carbocycles. The van der Waals surface area contributed by atoms with Crippen LogP contribution in [0.3, 0.4) is 0 Å². The molecule has 0 saturated carbocycles. The molecule has 0 aliphatic heterocycles. The van der Waals surface area contributed by atoms with Crippen molar-refractivity contribution in [1.29, 1.82) is 0 Å². The monoisotopic (exact) mass is 328 g/mol. The molecule has 4 nitrogen and oxygen atoms in total. The standard InChI is InChI=1S/C21H16N2O2/c24-16-7-9-17(10-8-16)25-18-11-12-19-20(22-23-21(19)14-18)13-6-15-4-2-1-3-5-15/h1-14,24H,(H,22,23)/b13-6+. The molecule has 0 unspecified atom stereocenters. The van der Waals surface area contributed by atoms with Gasteiger partial charge in [0.1, 0.15) is 17.2 Å². The second-order valence-electron chi connectivity index (χ2n) is 5.66. The minimum absolute atomic E-state index is 0.214. The Morgan fingerprint density at radius 2 is 1.60 bits per heavy atom. The molecule has 4 rings (SSSR count). The van der Waals surface area contributed by atoms with Gasteiger partial charge >= 0.3 is 0 Å². The SMILES string of the molecule is Oc1ccc(Oc2ccc3c(/C=C/c4ccccc4)n[nH]c3c2)cc1. The van der Waals surface area contributed by atoms with Gasteiger partial charge in [-0.3, -0.25) is 5.10 Å². The van der Waals surface area contributed by atoms with E-state index in [4.69, 9.17) is 4.74 Å². The maximum Gasteiger partial charge on any atom is 0.129 e. The second kappa shape index (κ2) is 6.53. The van der Waals surface area contributed by atoms with Crippen molar-refractivity contribution in [2.75, 3.05) is 0 Å². The van der Waals surface area contributed by atoms with Crippen LogP contribution in [0.4, 0.5) is 0 Å². The Bertz CT molecular complexity index is 1020. The van der Waals surface area contributed by atoms with Crippen molar-refractivity contribution in [3.63, 3.8) is 0 Å². The van der Waals surface area contributed by atoms with Crippen LogP contribution >= 0.6 is 0 Å². The van der Waals surface area contributed by atoms with Crippen LogP contribution in [0, 0.1) is 0 Å². The molecule has 25 heavy (non-hydrogen) atoms. The highest BCUT2D eigenvalue weighted by atomic mass is 16.5. The number of aromatic nitrogens is 2. The summed E-state index contributed by atoms with van der Waals surface area (Å²) >= 11 is 0. The summed E-state index contributed by atoms with van der Waals surface area (Å²) in [6, 6.07) is 22.6. The molecule has 1 heterocycles. The normalized spacial score (nSPS) is 11.2. The molecular formula is C21H16N2O2. The summed E-state index contributed by atoms with van der Waals surface area (Å²) < 4.78 is 5.80. The van der Waals surface area contributed by atoms with E-state index in [2.05, 4.69) is 22.3 Å². The Morgan fingerprint density at radius 1 is 0.840 bits per heavy atom. The Hall–Kier alpha value is -3.53. The number of nitrogens with zero attached hydrogens (tertiary/aromatic N) is 1. The van der Waals surface area contributed by atoms with Gasteiger partial charge in [-0.1, -0.05) is 36.4 Å². The largest absolute Gasteiger partial charge is 0.508 e. The molecule has 0 saturated heterocycles. The molecule has 2 N–H and O–H groups in total. The number of fused-ring (bicyclic) bond motifs is 1. The quantitative estimate of drug-likeness (QED) is 0.539. The van der Waals surface area contributed by atoms with Crippen molar-refractivity contribution in [2.24, 2.45) is 0 Å². The van der Waals surface area contributed by atoms with Gasteiger partial charge in [-0.25, -0.2) is 0 Å². The van der Waals surface area contributed by atoms with E-state index in [1.807, 2.05) is 48.6 Å². The Balaban J connectivity index is 1.58. The van der Waals surface area contributed by atoms with Gasteiger partial charge in [0.2, 0.25) is 0 Å². The maximum atomic E-state index is 9.32. The summed E-state index contributed by atoms with van der Waals surface area (Å²) in [5.41, 5.74) is 2.92. The molecule has 4 aromatic rings. The lowest BCUT2D eigenvalue weighted by Gasteiger charge is -2.05. The first kappa shape index (κ1) is 15.0. The number of hydrogen-bond acceptors (Lipinski definition) is 3. The average molecular weight is 328 g/mol. The molecule has 0 atom stereocenters. The van der Waals surface area contributed by atoms with Crippen LogP contribution in [-0.4, -0.2) is 15.3 Å². The lowest BCUT2D eigenvalue weighted by atomic mass is 10.1. The zero-order valence-corrected chi connectivity index (χ0v) is 13.4. The third-order valence-electron chi connectivity index (χ3n) is 3.87. The first-order valence-corrected chi connectivity index (χ1v) is 7.96. The molecule has 0 aliphatic rings. The minimum Gasteiger partial charge on any atom is -0.508 e. The molecule has 0 radical (unpaired) electrons. The topological polar surface area (TPSA) is 58.1 Å². The van der Waals surface area contributed by atoms with E-state index in [1.165, 1.54) is 0 Å². The predicted molar refractivity (Wildman–Crippen MR) is 99.6 cm³/mol. The smallest absolute Gasteiger partial charge is 0.129 e. The highest BCUT2D eigenvalue weighted by molar-refractivity contribution is 5.90. The lowest BCUT2D eigenvalue weighted by Crippen LogP contribution is -1.83. The summed E-state index contributed by atoms with van der Waals surface area (Å²) in [6.07, 6.45) is 4.03. The van der Waals surface area contributed by atoms with Gasteiger partial charge in [-0.2, -0.15) is 5.10 Å². The van der Waals surface area contributed by atoms with Crippen molar-refractivity contribution in [3.8, 4) is 17.2 Å².